The summed E-state index contributed by atoms with van der Waals surface area (Å²) in [5.41, 5.74) is 1.14. The number of carbonyl (C=O) groups is 1. The average molecular weight is 320 g/mol. The summed E-state index contributed by atoms with van der Waals surface area (Å²) in [5.74, 6) is 0. The van der Waals surface area contributed by atoms with Gasteiger partial charge in [0.25, 0.3) is 0 Å². The molecular formula is C20H17O2P. The van der Waals surface area contributed by atoms with Gasteiger partial charge < -0.3 is 4.57 Å². The van der Waals surface area contributed by atoms with Crippen LogP contribution < -0.4 is 10.6 Å². The molecule has 23 heavy (non-hydrogen) atoms. The fraction of sp³-hybridized carbons (Fsp3) is 0.0500. The molecule has 0 aliphatic carbocycles. The zero-order valence-corrected chi connectivity index (χ0v) is 13.7. The van der Waals surface area contributed by atoms with E-state index in [1.165, 1.54) is 0 Å². The molecule has 0 N–H and O–H groups in total. The van der Waals surface area contributed by atoms with Crippen molar-refractivity contribution in [3.05, 3.63) is 96.1 Å². The fourth-order valence-electron chi connectivity index (χ4n) is 2.62. The maximum absolute atomic E-state index is 13.9. The summed E-state index contributed by atoms with van der Waals surface area (Å²) in [5, 5.41) is 1.13. The molecule has 0 aromatic heterocycles. The van der Waals surface area contributed by atoms with Crippen molar-refractivity contribution < 1.29 is 9.36 Å². The van der Waals surface area contributed by atoms with E-state index in [0.29, 0.717) is 16.2 Å². The Kier molecular flexibility index (Phi) is 4.27. The molecule has 3 aromatic carbocycles. The highest BCUT2D eigenvalue weighted by molar-refractivity contribution is 7.93. The lowest BCUT2D eigenvalue weighted by molar-refractivity contribution is 0.107. The Balaban J connectivity index is 2.21. The Morgan fingerprint density at radius 3 is 1.74 bits per heavy atom. The summed E-state index contributed by atoms with van der Waals surface area (Å²) in [6.07, 6.45) is 0. The molecule has 0 heterocycles. The first kappa shape index (κ1) is 15.5. The molecule has 3 aromatic rings. The zero-order chi connectivity index (χ0) is 16.3. The van der Waals surface area contributed by atoms with Gasteiger partial charge in [0, 0.05) is 16.2 Å². The molecule has 3 heteroatoms. The van der Waals surface area contributed by atoms with E-state index in [4.69, 9.17) is 0 Å². The van der Waals surface area contributed by atoms with Gasteiger partial charge in [0.05, 0.1) is 0 Å². The van der Waals surface area contributed by atoms with E-state index in [1.807, 2.05) is 55.5 Å². The van der Waals surface area contributed by atoms with Crippen LogP contribution in [0.4, 0.5) is 0 Å². The number of hydrogen-bond donors (Lipinski definition) is 0. The molecule has 114 valence electrons. The molecule has 3 rings (SSSR count). The SMILES string of the molecule is Cc1cccc(C(=O)P(=O)(c2ccccc2)c2ccccc2)c1. The number of aryl methyl sites for hydroxylation is 1. The van der Waals surface area contributed by atoms with Gasteiger partial charge in [-0.3, -0.25) is 4.79 Å². The Morgan fingerprint density at radius 1 is 0.739 bits per heavy atom. The molecule has 2 nitrogen and oxygen atoms in total. The highest BCUT2D eigenvalue weighted by Gasteiger charge is 2.36. The summed E-state index contributed by atoms with van der Waals surface area (Å²) in [6.45, 7) is 1.92. The molecule has 0 amide bonds. The van der Waals surface area contributed by atoms with Crippen molar-refractivity contribution in [2.75, 3.05) is 0 Å². The molecule has 0 unspecified atom stereocenters. The van der Waals surface area contributed by atoms with E-state index in [-0.39, 0.29) is 5.52 Å². The summed E-state index contributed by atoms with van der Waals surface area (Å²) in [7, 11) is -3.40. The van der Waals surface area contributed by atoms with Crippen LogP contribution in [0.2, 0.25) is 0 Å². The molecular weight excluding hydrogens is 303 g/mol. The summed E-state index contributed by atoms with van der Waals surface area (Å²) in [6, 6.07) is 25.3. The van der Waals surface area contributed by atoms with Crippen LogP contribution in [0.25, 0.3) is 0 Å². The van der Waals surface area contributed by atoms with Gasteiger partial charge in [0.1, 0.15) is 0 Å². The van der Waals surface area contributed by atoms with Gasteiger partial charge in [0.15, 0.2) is 0 Å². The average Bonchev–Trinajstić information content (AvgIpc) is 2.62. The highest BCUT2D eigenvalue weighted by atomic mass is 31.2. The smallest absolute Gasteiger partial charge is 0.230 e. The van der Waals surface area contributed by atoms with Gasteiger partial charge in [-0.15, -0.1) is 0 Å². The monoisotopic (exact) mass is 320 g/mol. The molecule has 0 saturated heterocycles. The van der Waals surface area contributed by atoms with Crippen molar-refractivity contribution in [3.8, 4) is 0 Å². The van der Waals surface area contributed by atoms with Crippen LogP contribution in [0.5, 0.6) is 0 Å². The van der Waals surface area contributed by atoms with Gasteiger partial charge in [-0.05, 0) is 13.0 Å². The third kappa shape index (κ3) is 2.91. The van der Waals surface area contributed by atoms with Gasteiger partial charge in [0.2, 0.25) is 12.7 Å². The second kappa shape index (κ2) is 6.36. The Morgan fingerprint density at radius 2 is 1.26 bits per heavy atom. The van der Waals surface area contributed by atoms with E-state index in [9.17, 15) is 9.36 Å². The van der Waals surface area contributed by atoms with E-state index in [2.05, 4.69) is 0 Å². The van der Waals surface area contributed by atoms with Crippen molar-refractivity contribution >= 4 is 23.3 Å². The highest BCUT2D eigenvalue weighted by Crippen LogP contribution is 2.46. The second-order valence-electron chi connectivity index (χ2n) is 5.46. The Labute approximate surface area is 136 Å². The molecule has 0 aliphatic heterocycles. The zero-order valence-electron chi connectivity index (χ0n) is 12.8. The van der Waals surface area contributed by atoms with Crippen LogP contribution in [0.15, 0.2) is 84.9 Å². The van der Waals surface area contributed by atoms with Crippen molar-refractivity contribution in [2.45, 2.75) is 6.92 Å². The molecule has 0 radical (unpaired) electrons. The third-order valence-corrected chi connectivity index (χ3v) is 6.67. The number of benzene rings is 3. The normalized spacial score (nSPS) is 11.2. The first-order valence-corrected chi connectivity index (χ1v) is 9.16. The van der Waals surface area contributed by atoms with Crippen molar-refractivity contribution in [1.82, 2.24) is 0 Å². The standard InChI is InChI=1S/C20H17O2P/c1-16-9-8-10-17(15-16)20(21)23(22,18-11-4-2-5-12-18)19-13-6-3-7-14-19/h2-15H,1H3. The molecule has 0 saturated carbocycles. The Bertz CT molecular complexity index is 827. The van der Waals surface area contributed by atoms with E-state index in [0.717, 1.165) is 5.56 Å². The quantitative estimate of drug-likeness (QED) is 0.677. The van der Waals surface area contributed by atoms with Gasteiger partial charge in [-0.1, -0.05) is 84.4 Å². The summed E-state index contributed by atoms with van der Waals surface area (Å²) < 4.78 is 13.9. The van der Waals surface area contributed by atoms with Crippen molar-refractivity contribution in [2.24, 2.45) is 0 Å². The van der Waals surface area contributed by atoms with Gasteiger partial charge in [-0.2, -0.15) is 0 Å². The first-order valence-electron chi connectivity index (χ1n) is 7.45. The molecule has 0 aliphatic rings. The van der Waals surface area contributed by atoms with E-state index in [1.54, 1.807) is 36.4 Å². The van der Waals surface area contributed by atoms with Gasteiger partial charge >= 0.3 is 0 Å². The minimum atomic E-state index is -3.40. The predicted octanol–water partition coefficient (Wildman–Crippen LogP) is 4.15. The minimum Gasteiger partial charge on any atom is -0.305 e. The van der Waals surface area contributed by atoms with Crippen LogP contribution in [-0.4, -0.2) is 5.52 Å². The lowest BCUT2D eigenvalue weighted by Gasteiger charge is -2.18. The third-order valence-electron chi connectivity index (χ3n) is 3.79. The maximum atomic E-state index is 13.9. The summed E-state index contributed by atoms with van der Waals surface area (Å²) >= 11 is 0. The molecule has 0 fully saturated rings. The number of hydrogen-bond acceptors (Lipinski definition) is 2. The van der Waals surface area contributed by atoms with Crippen molar-refractivity contribution in [3.63, 3.8) is 0 Å². The number of carbonyl (C=O) groups excluding carboxylic acids is 1. The van der Waals surface area contributed by atoms with Crippen LogP contribution >= 0.6 is 7.14 Å². The molecule has 0 atom stereocenters. The Hall–Kier alpha value is -2.44. The second-order valence-corrected chi connectivity index (χ2v) is 8.11. The predicted molar refractivity (Wildman–Crippen MR) is 95.3 cm³/mol. The van der Waals surface area contributed by atoms with Crippen LogP contribution in [0.1, 0.15) is 15.9 Å². The van der Waals surface area contributed by atoms with E-state index < -0.39 is 7.14 Å². The lowest BCUT2D eigenvalue weighted by Crippen LogP contribution is -2.22. The first-order chi connectivity index (χ1) is 11.1. The lowest BCUT2D eigenvalue weighted by atomic mass is 10.2. The summed E-state index contributed by atoms with van der Waals surface area (Å²) in [4.78, 5) is 13.2. The minimum absolute atomic E-state index is 0.321. The van der Waals surface area contributed by atoms with E-state index >= 15 is 0 Å². The maximum Gasteiger partial charge on any atom is 0.230 e. The van der Waals surface area contributed by atoms with Crippen LogP contribution in [-0.2, 0) is 4.57 Å². The van der Waals surface area contributed by atoms with Gasteiger partial charge in [-0.25, -0.2) is 0 Å². The molecule has 0 spiro atoms. The van der Waals surface area contributed by atoms with Crippen LogP contribution in [0, 0.1) is 6.92 Å². The van der Waals surface area contributed by atoms with Crippen molar-refractivity contribution in [1.29, 1.82) is 0 Å². The topological polar surface area (TPSA) is 34.1 Å². The fourth-order valence-corrected chi connectivity index (χ4v) is 5.07. The number of rotatable bonds is 4. The largest absolute Gasteiger partial charge is 0.305 e. The van der Waals surface area contributed by atoms with Crippen LogP contribution in [0.3, 0.4) is 0 Å². The molecule has 0 bridgehead atoms.